The predicted octanol–water partition coefficient (Wildman–Crippen LogP) is 2.14. The Labute approximate surface area is 102 Å². The molecule has 0 aliphatic carbocycles. The van der Waals surface area contributed by atoms with Crippen molar-refractivity contribution < 1.29 is 0 Å². The molecule has 1 aromatic rings. The number of aromatic nitrogens is 1. The zero-order chi connectivity index (χ0) is 7.68. The van der Waals surface area contributed by atoms with Crippen LogP contribution in [-0.4, -0.2) is 18.1 Å². The Morgan fingerprint density at radius 1 is 1.14 bits per heavy atom. The van der Waals surface area contributed by atoms with E-state index in [2.05, 4.69) is 9.88 Å². The highest BCUT2D eigenvalue weighted by Gasteiger charge is 2.14. The Bertz CT molecular complexity index is 249. The van der Waals surface area contributed by atoms with E-state index in [1.165, 1.54) is 6.42 Å². The molecule has 0 spiro atoms. The van der Waals surface area contributed by atoms with Gasteiger partial charge in [-0.05, 0) is 18.6 Å². The SMILES string of the molecule is Cl.Cl.Cl.Nc1ccc(N2CCC2)nc1. The molecule has 1 aliphatic rings. The molecule has 0 bridgehead atoms. The second-order valence-corrected chi connectivity index (χ2v) is 2.79. The number of nitrogens with two attached hydrogens (primary N) is 1. The molecular weight excluding hydrogens is 244 g/mol. The molecular formula is C8H14Cl3N3. The van der Waals surface area contributed by atoms with Crippen LogP contribution < -0.4 is 10.6 Å². The van der Waals surface area contributed by atoms with Gasteiger partial charge in [0, 0.05) is 13.1 Å². The third kappa shape index (κ3) is 3.40. The van der Waals surface area contributed by atoms with Gasteiger partial charge in [0.1, 0.15) is 5.82 Å². The quantitative estimate of drug-likeness (QED) is 0.839. The molecule has 1 fully saturated rings. The Morgan fingerprint density at radius 2 is 1.79 bits per heavy atom. The fourth-order valence-electron chi connectivity index (χ4n) is 1.13. The largest absolute Gasteiger partial charge is 0.397 e. The van der Waals surface area contributed by atoms with E-state index in [0.717, 1.165) is 24.6 Å². The first kappa shape index (κ1) is 16.1. The molecule has 0 amide bonds. The maximum atomic E-state index is 5.51. The molecule has 14 heavy (non-hydrogen) atoms. The molecule has 0 radical (unpaired) electrons. The number of hydrogen-bond donors (Lipinski definition) is 1. The standard InChI is InChI=1S/C8H11N3.3ClH/c9-7-2-3-8(10-6-7)11-4-1-5-11;;;/h2-3,6H,1,4-5,9H2;3*1H. The van der Waals surface area contributed by atoms with Gasteiger partial charge in [-0.15, -0.1) is 37.2 Å². The molecule has 1 saturated heterocycles. The van der Waals surface area contributed by atoms with Gasteiger partial charge < -0.3 is 10.6 Å². The normalized spacial score (nSPS) is 12.7. The van der Waals surface area contributed by atoms with Crippen LogP contribution >= 0.6 is 37.2 Å². The van der Waals surface area contributed by atoms with Gasteiger partial charge >= 0.3 is 0 Å². The molecule has 3 nitrogen and oxygen atoms in total. The molecule has 0 unspecified atom stereocenters. The fraction of sp³-hybridized carbons (Fsp3) is 0.375. The third-order valence-corrected chi connectivity index (χ3v) is 1.95. The van der Waals surface area contributed by atoms with Crippen molar-refractivity contribution in [1.82, 2.24) is 4.98 Å². The van der Waals surface area contributed by atoms with Crippen molar-refractivity contribution in [1.29, 1.82) is 0 Å². The Morgan fingerprint density at radius 3 is 2.14 bits per heavy atom. The minimum absolute atomic E-state index is 0. The lowest BCUT2D eigenvalue weighted by atomic mass is 10.2. The highest BCUT2D eigenvalue weighted by atomic mass is 35.5. The monoisotopic (exact) mass is 257 g/mol. The molecule has 2 N–H and O–H groups in total. The maximum Gasteiger partial charge on any atom is 0.128 e. The number of halogens is 3. The first-order valence-corrected chi connectivity index (χ1v) is 3.83. The van der Waals surface area contributed by atoms with Crippen molar-refractivity contribution in [2.24, 2.45) is 0 Å². The lowest BCUT2D eigenvalue weighted by Gasteiger charge is -2.31. The molecule has 6 heteroatoms. The van der Waals surface area contributed by atoms with E-state index in [-0.39, 0.29) is 37.2 Å². The van der Waals surface area contributed by atoms with Crippen LogP contribution in [0.5, 0.6) is 0 Å². The van der Waals surface area contributed by atoms with E-state index in [9.17, 15) is 0 Å². The van der Waals surface area contributed by atoms with Crippen LogP contribution in [0.25, 0.3) is 0 Å². The second-order valence-electron chi connectivity index (χ2n) is 2.79. The summed E-state index contributed by atoms with van der Waals surface area (Å²) >= 11 is 0. The van der Waals surface area contributed by atoms with Gasteiger partial charge in [0.15, 0.2) is 0 Å². The smallest absolute Gasteiger partial charge is 0.128 e. The number of nitrogens with zero attached hydrogens (tertiary/aromatic N) is 2. The summed E-state index contributed by atoms with van der Waals surface area (Å²) in [4.78, 5) is 6.44. The zero-order valence-electron chi connectivity index (χ0n) is 7.55. The number of pyridine rings is 1. The summed E-state index contributed by atoms with van der Waals surface area (Å²) in [5, 5.41) is 0. The van der Waals surface area contributed by atoms with Crippen molar-refractivity contribution >= 4 is 48.7 Å². The first-order valence-electron chi connectivity index (χ1n) is 3.83. The number of hydrogen-bond acceptors (Lipinski definition) is 3. The first-order chi connectivity index (χ1) is 5.36. The summed E-state index contributed by atoms with van der Waals surface area (Å²) in [5.41, 5.74) is 6.24. The summed E-state index contributed by atoms with van der Waals surface area (Å²) in [6.07, 6.45) is 2.99. The van der Waals surface area contributed by atoms with E-state index in [1.54, 1.807) is 6.20 Å². The van der Waals surface area contributed by atoms with Gasteiger partial charge in [0.25, 0.3) is 0 Å². The van der Waals surface area contributed by atoms with E-state index in [0.29, 0.717) is 0 Å². The Hall–Kier alpha value is -0.380. The van der Waals surface area contributed by atoms with Crippen molar-refractivity contribution in [3.8, 4) is 0 Å². The molecule has 82 valence electrons. The Balaban J connectivity index is 0. The van der Waals surface area contributed by atoms with Gasteiger partial charge in [0.05, 0.1) is 11.9 Å². The maximum absolute atomic E-state index is 5.51. The van der Waals surface area contributed by atoms with E-state index in [1.807, 2.05) is 12.1 Å². The van der Waals surface area contributed by atoms with Crippen LogP contribution in [0, 0.1) is 0 Å². The zero-order valence-corrected chi connectivity index (χ0v) is 10.00. The summed E-state index contributed by atoms with van der Waals surface area (Å²) in [5.74, 6) is 1.05. The molecule has 0 atom stereocenters. The molecule has 2 heterocycles. The van der Waals surface area contributed by atoms with Crippen molar-refractivity contribution in [2.75, 3.05) is 23.7 Å². The van der Waals surface area contributed by atoms with Crippen LogP contribution in [0.3, 0.4) is 0 Å². The fourth-order valence-corrected chi connectivity index (χ4v) is 1.13. The highest BCUT2D eigenvalue weighted by Crippen LogP contribution is 2.17. The van der Waals surface area contributed by atoms with Crippen LogP contribution in [-0.2, 0) is 0 Å². The minimum atomic E-state index is 0. The number of nitrogen functional groups attached to an aromatic ring is 1. The van der Waals surface area contributed by atoms with Crippen LogP contribution in [0.1, 0.15) is 6.42 Å². The predicted molar refractivity (Wildman–Crippen MR) is 67.2 cm³/mol. The van der Waals surface area contributed by atoms with Gasteiger partial charge in [0.2, 0.25) is 0 Å². The molecule has 0 aromatic carbocycles. The minimum Gasteiger partial charge on any atom is -0.397 e. The summed E-state index contributed by atoms with van der Waals surface area (Å²) in [6.45, 7) is 2.27. The van der Waals surface area contributed by atoms with Gasteiger partial charge in [-0.1, -0.05) is 0 Å². The van der Waals surface area contributed by atoms with E-state index >= 15 is 0 Å². The topological polar surface area (TPSA) is 42.1 Å². The van der Waals surface area contributed by atoms with Crippen molar-refractivity contribution in [2.45, 2.75) is 6.42 Å². The van der Waals surface area contributed by atoms with Crippen LogP contribution in [0.2, 0.25) is 0 Å². The van der Waals surface area contributed by atoms with Gasteiger partial charge in [-0.3, -0.25) is 0 Å². The summed E-state index contributed by atoms with van der Waals surface area (Å²) < 4.78 is 0. The summed E-state index contributed by atoms with van der Waals surface area (Å²) in [7, 11) is 0. The third-order valence-electron chi connectivity index (χ3n) is 1.95. The second kappa shape index (κ2) is 6.98. The molecule has 0 saturated carbocycles. The molecule has 1 aliphatic heterocycles. The summed E-state index contributed by atoms with van der Waals surface area (Å²) in [6, 6.07) is 3.86. The lowest BCUT2D eigenvalue weighted by molar-refractivity contribution is 0.610. The van der Waals surface area contributed by atoms with Gasteiger partial charge in [-0.25, -0.2) is 4.98 Å². The van der Waals surface area contributed by atoms with Crippen molar-refractivity contribution in [3.63, 3.8) is 0 Å². The average Bonchev–Trinajstić information content (AvgIpc) is 1.90. The Kier molecular flexibility index (Phi) is 8.01. The molecule has 1 aromatic heterocycles. The highest BCUT2D eigenvalue weighted by molar-refractivity contribution is 5.86. The van der Waals surface area contributed by atoms with Crippen molar-refractivity contribution in [3.05, 3.63) is 18.3 Å². The van der Waals surface area contributed by atoms with Crippen LogP contribution in [0.4, 0.5) is 11.5 Å². The molecule has 2 rings (SSSR count). The van der Waals surface area contributed by atoms with Gasteiger partial charge in [-0.2, -0.15) is 0 Å². The van der Waals surface area contributed by atoms with Crippen LogP contribution in [0.15, 0.2) is 18.3 Å². The van der Waals surface area contributed by atoms with E-state index in [4.69, 9.17) is 5.73 Å². The number of anilines is 2. The average molecular weight is 259 g/mol. The van der Waals surface area contributed by atoms with E-state index < -0.39 is 0 Å². The number of rotatable bonds is 1. The lowest BCUT2D eigenvalue weighted by Crippen LogP contribution is -2.37.